The van der Waals surface area contributed by atoms with Gasteiger partial charge in [0.15, 0.2) is 11.6 Å². The zero-order chi connectivity index (χ0) is 43.4. The summed E-state index contributed by atoms with van der Waals surface area (Å²) in [5.74, 6) is -0.392. The SMILES string of the molecule is N#CC(C#N)=C1/C(=C/c2sc(-c3cc4sc(-c5sc(/C=C6\C(=O)c7cc8c(cc7C6=C(C#N)C#N)CCCC8)c6c5N=S=N6)cc4s3)c3c2N=S=N3)C(=O)c2cc3c(cc21)CCCC3. The number of thiophene rings is 4. The molecule has 0 amide bonds. The largest absolute Gasteiger partial charge is 0.289 e. The molecule has 64 heavy (non-hydrogen) atoms. The van der Waals surface area contributed by atoms with Gasteiger partial charge in [-0.2, -0.15) is 38.5 Å². The fraction of sp³-hybridized carbons (Fsp3) is 0.167. The highest BCUT2D eigenvalue weighted by molar-refractivity contribution is 7.58. The number of nitrogens with zero attached hydrogens (tertiary/aromatic N) is 8. The Labute approximate surface area is 388 Å². The van der Waals surface area contributed by atoms with Gasteiger partial charge in [-0.15, -0.1) is 45.3 Å². The topological polar surface area (TPSA) is 179 Å². The molecule has 0 spiro atoms. The number of nitriles is 4. The second kappa shape index (κ2) is 15.0. The molecular weight excluding hydrogens is 913 g/mol. The zero-order valence-corrected chi connectivity index (χ0v) is 38.0. The van der Waals surface area contributed by atoms with Crippen molar-refractivity contribution >= 4 is 135 Å². The van der Waals surface area contributed by atoms with Crippen LogP contribution in [-0.2, 0) is 48.4 Å². The van der Waals surface area contributed by atoms with Crippen LogP contribution in [0.1, 0.15) is 89.5 Å². The monoisotopic (exact) mass is 936 g/mol. The summed E-state index contributed by atoms with van der Waals surface area (Å²) >= 11 is 8.45. The molecule has 6 aliphatic rings. The van der Waals surface area contributed by atoms with Gasteiger partial charge in [-0.3, -0.25) is 9.59 Å². The third-order valence-corrected chi connectivity index (χ3v) is 18.4. The molecule has 6 aromatic rings. The maximum absolute atomic E-state index is 14.1. The lowest BCUT2D eigenvalue weighted by atomic mass is 9.88. The summed E-state index contributed by atoms with van der Waals surface area (Å²) in [6.45, 7) is 0. The first-order valence-electron chi connectivity index (χ1n) is 20.3. The molecule has 16 heteroatoms. The highest BCUT2D eigenvalue weighted by Crippen LogP contribution is 2.57. The van der Waals surface area contributed by atoms with Gasteiger partial charge in [0, 0.05) is 52.6 Å². The van der Waals surface area contributed by atoms with E-state index in [4.69, 9.17) is 0 Å². The molecule has 0 unspecified atom stereocenters. The Balaban J connectivity index is 0.908. The van der Waals surface area contributed by atoms with Crippen molar-refractivity contribution in [1.82, 2.24) is 0 Å². The number of Topliss-reactive ketones (excluding diaryl/α,β-unsaturated/α-hetero) is 2. The predicted molar refractivity (Wildman–Crippen MR) is 256 cm³/mol. The molecule has 0 fully saturated rings. The molecule has 4 aromatic heterocycles. The van der Waals surface area contributed by atoms with Gasteiger partial charge in [-0.25, -0.2) is 0 Å². The molecule has 0 atom stereocenters. The van der Waals surface area contributed by atoms with Crippen molar-refractivity contribution in [1.29, 1.82) is 21.0 Å². The van der Waals surface area contributed by atoms with Crippen molar-refractivity contribution < 1.29 is 9.59 Å². The number of benzene rings is 2. The second-order valence-electron chi connectivity index (χ2n) is 15.9. The molecule has 0 radical (unpaired) electrons. The Hall–Kier alpha value is -6.60. The number of allylic oxidation sites excluding steroid dienone is 6. The van der Waals surface area contributed by atoms with Crippen LogP contribution < -0.4 is 0 Å². The van der Waals surface area contributed by atoms with E-state index in [0.29, 0.717) is 55.9 Å². The van der Waals surface area contributed by atoms with Gasteiger partial charge < -0.3 is 0 Å². The maximum Gasteiger partial charge on any atom is 0.194 e. The summed E-state index contributed by atoms with van der Waals surface area (Å²) in [5.41, 5.74) is 11.1. The van der Waals surface area contributed by atoms with E-state index in [1.165, 1.54) is 33.8 Å². The van der Waals surface area contributed by atoms with Crippen LogP contribution in [0.2, 0.25) is 0 Å². The molecule has 12 rings (SSSR count). The number of hydrogen-bond donors (Lipinski definition) is 0. The average molecular weight is 937 g/mol. The number of rotatable bonds is 4. The van der Waals surface area contributed by atoms with Gasteiger partial charge in [0.1, 0.15) is 58.2 Å². The molecule has 304 valence electrons. The quantitative estimate of drug-likeness (QED) is 0.125. The van der Waals surface area contributed by atoms with Crippen molar-refractivity contribution in [2.45, 2.75) is 51.4 Å². The van der Waals surface area contributed by atoms with Crippen molar-refractivity contribution in [2.75, 3.05) is 0 Å². The number of hydrogen-bond acceptors (Lipinski definition) is 14. The van der Waals surface area contributed by atoms with Crippen molar-refractivity contribution in [3.8, 4) is 43.8 Å². The van der Waals surface area contributed by atoms with Crippen molar-refractivity contribution in [3.05, 3.63) is 113 Å². The molecule has 0 saturated heterocycles. The van der Waals surface area contributed by atoms with E-state index >= 15 is 0 Å². The lowest BCUT2D eigenvalue weighted by molar-refractivity contribution is 0.103. The van der Waals surface area contributed by atoms with Gasteiger partial charge >= 0.3 is 0 Å². The van der Waals surface area contributed by atoms with Crippen molar-refractivity contribution in [3.63, 3.8) is 0 Å². The smallest absolute Gasteiger partial charge is 0.194 e. The number of fused-ring (bicyclic) bond motifs is 7. The van der Waals surface area contributed by atoms with E-state index in [0.717, 1.165) is 135 Å². The van der Waals surface area contributed by atoms with Crippen LogP contribution in [0.25, 0.3) is 52.2 Å². The number of carbonyl (C=O) groups excluding carboxylic acids is 2. The molecule has 2 aromatic carbocycles. The first-order valence-corrected chi connectivity index (χ1v) is 25.1. The van der Waals surface area contributed by atoms with Crippen LogP contribution >= 0.6 is 45.3 Å². The van der Waals surface area contributed by atoms with Crippen LogP contribution in [0.4, 0.5) is 22.7 Å². The minimum absolute atomic E-state index is 0.0857. The first-order chi connectivity index (χ1) is 31.3. The Kier molecular flexibility index (Phi) is 9.15. The van der Waals surface area contributed by atoms with E-state index in [9.17, 15) is 30.6 Å². The summed E-state index contributed by atoms with van der Waals surface area (Å²) < 4.78 is 20.8. The van der Waals surface area contributed by atoms with E-state index in [1.807, 2.05) is 24.3 Å². The Morgan fingerprint density at radius 3 is 1.22 bits per heavy atom. The van der Waals surface area contributed by atoms with Gasteiger partial charge in [-0.1, -0.05) is 12.1 Å². The van der Waals surface area contributed by atoms with Crippen LogP contribution in [0.5, 0.6) is 0 Å². The second-order valence-corrected chi connectivity index (χ2v) is 21.3. The van der Waals surface area contributed by atoms with E-state index in [-0.39, 0.29) is 22.7 Å². The number of carbonyl (C=O) groups is 2. The standard InChI is InChI=1S/C48H24N8O2S6/c49-17-25(18-50)39-27-9-21-5-1-3-7-23(21)11-29(27)45(57)31(39)13-35-41-43(55-63-53-41)47(61-35)37-15-33-34(59-37)16-38(60-33)48-44-42(54-64-56-44)36(62-48)14-32-40(26(19-51)20-52)28-10-22-6-2-4-8-24(22)12-30(28)46(32)58/h9-16H,1-8H2/b31-13-,32-14-. The summed E-state index contributed by atoms with van der Waals surface area (Å²) in [5, 5.41) is 40.2. The molecule has 0 N–H and O–H groups in total. The highest BCUT2D eigenvalue weighted by atomic mass is 32.1. The molecule has 0 bridgehead atoms. The number of aryl methyl sites for hydroxylation is 4. The van der Waals surface area contributed by atoms with Crippen LogP contribution in [0, 0.1) is 45.3 Å². The molecule has 2 aliphatic heterocycles. The van der Waals surface area contributed by atoms with Crippen LogP contribution in [0.15, 0.2) is 76.1 Å². The fourth-order valence-corrected chi connectivity index (χ4v) is 15.7. The molecule has 0 saturated carbocycles. The summed E-state index contributed by atoms with van der Waals surface area (Å²) in [6, 6.07) is 20.5. The normalized spacial score (nSPS) is 17.3. The highest BCUT2D eigenvalue weighted by Gasteiger charge is 2.37. The number of ketones is 2. The van der Waals surface area contributed by atoms with Crippen molar-refractivity contribution in [2.24, 2.45) is 17.5 Å². The van der Waals surface area contributed by atoms with E-state index in [1.54, 1.807) is 34.8 Å². The van der Waals surface area contributed by atoms with Gasteiger partial charge in [-0.05, 0) is 121 Å². The van der Waals surface area contributed by atoms with Crippen LogP contribution in [-0.4, -0.2) is 11.6 Å². The molecule has 4 aliphatic carbocycles. The minimum Gasteiger partial charge on any atom is -0.289 e. The maximum atomic E-state index is 14.1. The zero-order valence-electron chi connectivity index (χ0n) is 33.1. The van der Waals surface area contributed by atoms with Gasteiger partial charge in [0.25, 0.3) is 0 Å². The Morgan fingerprint density at radius 1 is 0.484 bits per heavy atom. The van der Waals surface area contributed by atoms with Crippen LogP contribution in [0.3, 0.4) is 0 Å². The third kappa shape index (κ3) is 5.85. The van der Waals surface area contributed by atoms with E-state index < -0.39 is 0 Å². The van der Waals surface area contributed by atoms with E-state index in [2.05, 4.69) is 53.9 Å². The summed E-state index contributed by atoms with van der Waals surface area (Å²) in [6.07, 6.45) is 11.5. The molecule has 10 nitrogen and oxygen atoms in total. The van der Waals surface area contributed by atoms with Gasteiger partial charge in [0.2, 0.25) is 0 Å². The van der Waals surface area contributed by atoms with Gasteiger partial charge in [0.05, 0.1) is 42.2 Å². The lowest BCUT2D eigenvalue weighted by Crippen LogP contribution is -2.05. The predicted octanol–water partition coefficient (Wildman–Crippen LogP) is 13.8. The third-order valence-electron chi connectivity index (χ3n) is 12.5. The minimum atomic E-state index is -0.196. The summed E-state index contributed by atoms with van der Waals surface area (Å²) in [4.78, 5) is 33.6. The molecular formula is C48H24N8O2S6. The first kappa shape index (κ1) is 39.0. The Morgan fingerprint density at radius 2 is 0.844 bits per heavy atom. The average Bonchev–Trinajstić information content (AvgIpc) is 4.19. The fourth-order valence-electron chi connectivity index (χ4n) is 9.52. The molecule has 6 heterocycles. The lowest BCUT2D eigenvalue weighted by Gasteiger charge is -2.17. The summed E-state index contributed by atoms with van der Waals surface area (Å²) in [7, 11) is 0. The Bertz CT molecular complexity index is 3440.